The maximum Gasteiger partial charge on any atom is 0.343 e. The lowest BCUT2D eigenvalue weighted by atomic mass is 9.91. The van der Waals surface area contributed by atoms with Crippen LogP contribution in [0.2, 0.25) is 0 Å². The smallest absolute Gasteiger partial charge is 0.343 e. The Morgan fingerprint density at radius 1 is 0.667 bits per heavy atom. The summed E-state index contributed by atoms with van der Waals surface area (Å²) in [6.45, 7) is 2.01. The normalized spacial score (nSPS) is 11.8. The molecule has 3 aromatic carbocycles. The van der Waals surface area contributed by atoms with Gasteiger partial charge in [0.1, 0.15) is 22.8 Å². The van der Waals surface area contributed by atoms with Crippen molar-refractivity contribution in [1.82, 2.24) is 0 Å². The molecule has 3 aromatic rings. The summed E-state index contributed by atoms with van der Waals surface area (Å²) in [6, 6.07) is 13.9. The van der Waals surface area contributed by atoms with Crippen molar-refractivity contribution < 1.29 is 50.1 Å². The summed E-state index contributed by atoms with van der Waals surface area (Å²) in [5, 5.41) is 10.6. The summed E-state index contributed by atoms with van der Waals surface area (Å²) in [5.41, 5.74) is 14.3. The van der Waals surface area contributed by atoms with Gasteiger partial charge in [-0.15, -0.1) is 0 Å². The molecule has 0 radical (unpaired) electrons. The molecule has 7 N–H and O–H groups in total. The zero-order valence-corrected chi connectivity index (χ0v) is 26.4. The number of nitrogens with two attached hydrogens (primary N) is 2. The third-order valence-corrected chi connectivity index (χ3v) is 8.18. The summed E-state index contributed by atoms with van der Waals surface area (Å²) >= 11 is 0. The third kappa shape index (κ3) is 10.1. The van der Waals surface area contributed by atoms with Gasteiger partial charge in [-0.2, -0.15) is 16.8 Å². The molecule has 3 rings (SSSR count). The van der Waals surface area contributed by atoms with Crippen LogP contribution in [0.1, 0.15) is 47.7 Å². The maximum absolute atomic E-state index is 13.0. The zero-order valence-electron chi connectivity index (χ0n) is 24.8. The summed E-state index contributed by atoms with van der Waals surface area (Å²) in [5.74, 6) is -2.86. The minimum atomic E-state index is -4.31. The Kier molecular flexibility index (Phi) is 12.7. The molecule has 0 aliphatic carbocycles. The third-order valence-electron chi connectivity index (χ3n) is 6.57. The number of aromatic carboxylic acids is 1. The molecule has 0 heterocycles. The van der Waals surface area contributed by atoms with Gasteiger partial charge >= 0.3 is 5.97 Å². The minimum Gasteiger partial charge on any atom is -0.492 e. The van der Waals surface area contributed by atoms with Gasteiger partial charge in [0.05, 0.1) is 42.5 Å². The molecular formula is C30H38N2O11S2. The molecule has 0 atom stereocenters. The van der Waals surface area contributed by atoms with E-state index in [1.54, 1.807) is 48.5 Å². The quantitative estimate of drug-likeness (QED) is 0.0964. The first-order valence-electron chi connectivity index (χ1n) is 14.1. The Morgan fingerprint density at radius 2 is 1.04 bits per heavy atom. The number of hydrogen-bond acceptors (Lipinski definition) is 10. The van der Waals surface area contributed by atoms with Crippen molar-refractivity contribution in [1.29, 1.82) is 0 Å². The molecule has 13 nitrogen and oxygen atoms in total. The van der Waals surface area contributed by atoms with Gasteiger partial charge in [0.25, 0.3) is 20.2 Å². The number of rotatable bonds is 18. The predicted octanol–water partition coefficient (Wildman–Crippen LogP) is 3.74. The Hall–Kier alpha value is -3.73. The van der Waals surface area contributed by atoms with Crippen molar-refractivity contribution in [3.8, 4) is 39.5 Å². The maximum atomic E-state index is 13.0. The van der Waals surface area contributed by atoms with E-state index in [2.05, 4.69) is 0 Å². The fourth-order valence-electron chi connectivity index (χ4n) is 4.49. The second kappa shape index (κ2) is 16.0. The molecule has 0 aliphatic rings. The first-order valence-corrected chi connectivity index (χ1v) is 17.4. The SMILES string of the molecule is CCCOc1c(-c2ccc(CN)cc2)c(OCCCS(=O)(=O)O)c(C(=O)O)c(OCCCS(=O)(=O)O)c1-c1ccc(CN)cc1. The van der Waals surface area contributed by atoms with Crippen LogP contribution in [-0.4, -0.2) is 68.3 Å². The van der Waals surface area contributed by atoms with Crippen molar-refractivity contribution in [2.45, 2.75) is 39.3 Å². The molecule has 0 bridgehead atoms. The number of carboxylic acid groups (broad SMARTS) is 1. The van der Waals surface area contributed by atoms with Crippen molar-refractivity contribution in [2.75, 3.05) is 31.3 Å². The second-order valence-corrected chi connectivity index (χ2v) is 13.2. The van der Waals surface area contributed by atoms with Crippen LogP contribution in [0.3, 0.4) is 0 Å². The highest BCUT2D eigenvalue weighted by molar-refractivity contribution is 7.86. The van der Waals surface area contributed by atoms with E-state index < -0.39 is 43.3 Å². The van der Waals surface area contributed by atoms with E-state index in [-0.39, 0.29) is 74.1 Å². The molecule has 0 saturated carbocycles. The summed E-state index contributed by atoms with van der Waals surface area (Å²) < 4.78 is 82.1. The highest BCUT2D eigenvalue weighted by Crippen LogP contribution is 2.53. The van der Waals surface area contributed by atoms with E-state index >= 15 is 0 Å². The summed E-state index contributed by atoms with van der Waals surface area (Å²) in [7, 11) is -8.63. The van der Waals surface area contributed by atoms with E-state index in [0.29, 0.717) is 17.5 Å². The Morgan fingerprint density at radius 3 is 1.36 bits per heavy atom. The number of carbonyl (C=O) groups is 1. The van der Waals surface area contributed by atoms with E-state index in [0.717, 1.165) is 11.1 Å². The van der Waals surface area contributed by atoms with Crippen molar-refractivity contribution >= 4 is 26.2 Å². The van der Waals surface area contributed by atoms with Crippen LogP contribution in [0.25, 0.3) is 22.3 Å². The Bertz CT molecular complexity index is 1560. The lowest BCUT2D eigenvalue weighted by molar-refractivity contribution is 0.0687. The van der Waals surface area contributed by atoms with Gasteiger partial charge in [-0.05, 0) is 41.5 Å². The van der Waals surface area contributed by atoms with Crippen LogP contribution in [-0.2, 0) is 33.3 Å². The zero-order chi connectivity index (χ0) is 33.2. The molecule has 0 spiro atoms. The van der Waals surface area contributed by atoms with Crippen molar-refractivity contribution in [3.05, 3.63) is 65.2 Å². The average molecular weight is 667 g/mol. The van der Waals surface area contributed by atoms with E-state index in [4.69, 9.17) is 25.7 Å². The van der Waals surface area contributed by atoms with E-state index in [9.17, 15) is 35.8 Å². The molecule has 246 valence electrons. The number of hydrogen-bond donors (Lipinski definition) is 5. The Labute approximate surface area is 262 Å². The summed E-state index contributed by atoms with van der Waals surface area (Å²) in [6.07, 6.45) is 0.246. The highest BCUT2D eigenvalue weighted by atomic mass is 32.2. The molecular weight excluding hydrogens is 628 g/mol. The van der Waals surface area contributed by atoms with Gasteiger partial charge in [0.2, 0.25) is 0 Å². The summed E-state index contributed by atoms with van der Waals surface area (Å²) in [4.78, 5) is 13.0. The monoisotopic (exact) mass is 666 g/mol. The van der Waals surface area contributed by atoms with Crippen LogP contribution in [0.15, 0.2) is 48.5 Å². The fourth-order valence-corrected chi connectivity index (χ4v) is 5.45. The minimum absolute atomic E-state index is 0.165. The fraction of sp³-hybridized carbons (Fsp3) is 0.367. The molecule has 45 heavy (non-hydrogen) atoms. The van der Waals surface area contributed by atoms with Crippen molar-refractivity contribution in [2.24, 2.45) is 11.5 Å². The second-order valence-electron chi connectivity index (χ2n) is 10.0. The standard InChI is InChI=1S/C30H38N2O11S2/c1-2-13-41-27-24(22-9-5-20(18-31)6-10-22)28(42-14-3-16-44(35,36)37)26(30(33)34)29(43-15-4-17-45(38,39)40)25(27)23-11-7-21(19-32)8-12-23/h5-12H,2-4,13-19,31-32H2,1H3,(H,33,34)(H,35,36,37)(H,38,39,40). The van der Waals surface area contributed by atoms with Crippen molar-refractivity contribution in [3.63, 3.8) is 0 Å². The first-order chi connectivity index (χ1) is 21.3. The highest BCUT2D eigenvalue weighted by Gasteiger charge is 2.33. The largest absolute Gasteiger partial charge is 0.492 e. The van der Waals surface area contributed by atoms with Crippen LogP contribution < -0.4 is 25.7 Å². The van der Waals surface area contributed by atoms with Gasteiger partial charge in [0, 0.05) is 13.1 Å². The van der Waals surface area contributed by atoms with Gasteiger partial charge < -0.3 is 30.8 Å². The van der Waals surface area contributed by atoms with Crippen LogP contribution in [0.5, 0.6) is 17.2 Å². The lowest BCUT2D eigenvalue weighted by Gasteiger charge is -2.25. The number of carboxylic acids is 1. The van der Waals surface area contributed by atoms with Crippen LogP contribution >= 0.6 is 0 Å². The molecule has 0 aromatic heterocycles. The van der Waals surface area contributed by atoms with Crippen LogP contribution in [0, 0.1) is 0 Å². The molecule has 15 heteroatoms. The lowest BCUT2D eigenvalue weighted by Crippen LogP contribution is -2.15. The molecule has 0 fully saturated rings. The van der Waals surface area contributed by atoms with Gasteiger partial charge in [-0.1, -0.05) is 55.5 Å². The molecule has 0 aliphatic heterocycles. The van der Waals surface area contributed by atoms with Crippen LogP contribution in [0.4, 0.5) is 0 Å². The average Bonchev–Trinajstić information content (AvgIpc) is 2.99. The molecule has 0 unspecified atom stereocenters. The Balaban J connectivity index is 2.41. The van der Waals surface area contributed by atoms with Gasteiger partial charge in [-0.25, -0.2) is 4.79 Å². The van der Waals surface area contributed by atoms with E-state index in [1.165, 1.54) is 0 Å². The number of ether oxygens (including phenoxy) is 3. The molecule has 0 amide bonds. The van der Waals surface area contributed by atoms with Gasteiger partial charge in [0.15, 0.2) is 0 Å². The number of benzene rings is 3. The molecule has 0 saturated heterocycles. The van der Waals surface area contributed by atoms with Gasteiger partial charge in [-0.3, -0.25) is 9.11 Å². The van der Waals surface area contributed by atoms with E-state index in [1.807, 2.05) is 6.92 Å². The first kappa shape index (κ1) is 35.7. The predicted molar refractivity (Wildman–Crippen MR) is 169 cm³/mol. The topological polar surface area (TPSA) is 226 Å².